The second-order valence-electron chi connectivity index (χ2n) is 6.44. The van der Waals surface area contributed by atoms with E-state index >= 15 is 0 Å². The fourth-order valence-electron chi connectivity index (χ4n) is 3.18. The maximum atomic E-state index is 5.94. The Hall–Kier alpha value is -0.450. The minimum atomic E-state index is 0. The van der Waals surface area contributed by atoms with Crippen LogP contribution in [0.5, 0.6) is 0 Å². The van der Waals surface area contributed by atoms with Gasteiger partial charge in [-0.2, -0.15) is 0 Å². The normalized spacial score (nSPS) is 18.5. The summed E-state index contributed by atoms with van der Waals surface area (Å²) in [6.45, 7) is 6.45. The summed E-state index contributed by atoms with van der Waals surface area (Å²) in [4.78, 5) is 13.1. The van der Waals surface area contributed by atoms with Crippen LogP contribution in [0.25, 0.3) is 0 Å². The second-order valence-corrected chi connectivity index (χ2v) is 7.60. The standard InChI is InChI=1S/C17H29N5OS.HI/c18-17(19-7-3-9-22-10-12-23-13-11-22)20-8-6-16-21-14-4-1-2-5-15(14)24-16;/h1-13H2,(H3,18,19,20);1H. The van der Waals surface area contributed by atoms with Crippen LogP contribution in [0.1, 0.15) is 34.8 Å². The van der Waals surface area contributed by atoms with E-state index in [1.165, 1.54) is 34.8 Å². The highest BCUT2D eigenvalue weighted by molar-refractivity contribution is 14.0. The minimum Gasteiger partial charge on any atom is -0.379 e. The zero-order valence-corrected chi connectivity index (χ0v) is 18.0. The third-order valence-corrected chi connectivity index (χ3v) is 5.77. The lowest BCUT2D eigenvalue weighted by Gasteiger charge is -2.26. The van der Waals surface area contributed by atoms with Crippen molar-refractivity contribution in [3.8, 4) is 0 Å². The Morgan fingerprint density at radius 1 is 1.28 bits per heavy atom. The van der Waals surface area contributed by atoms with Crippen molar-refractivity contribution in [2.45, 2.75) is 38.5 Å². The number of hydrogen-bond donors (Lipinski definition) is 2. The molecule has 0 amide bonds. The van der Waals surface area contributed by atoms with Gasteiger partial charge in [-0.1, -0.05) is 0 Å². The smallest absolute Gasteiger partial charge is 0.188 e. The predicted molar refractivity (Wildman–Crippen MR) is 114 cm³/mol. The molecule has 8 heteroatoms. The second kappa shape index (κ2) is 11.3. The molecule has 1 aliphatic carbocycles. The zero-order valence-electron chi connectivity index (χ0n) is 14.8. The van der Waals surface area contributed by atoms with Crippen LogP contribution >= 0.6 is 35.3 Å². The summed E-state index contributed by atoms with van der Waals surface area (Å²) in [5, 5.41) is 4.44. The first-order valence-corrected chi connectivity index (χ1v) is 9.94. The van der Waals surface area contributed by atoms with Gasteiger partial charge in [-0.05, 0) is 32.1 Å². The number of nitrogens with one attached hydrogen (secondary N) is 1. The molecular weight excluding hydrogens is 449 g/mol. The van der Waals surface area contributed by atoms with E-state index in [1.807, 2.05) is 11.3 Å². The summed E-state index contributed by atoms with van der Waals surface area (Å²) in [5.41, 5.74) is 7.28. The number of aryl methyl sites for hydroxylation is 2. The number of aliphatic imine (C=N–C) groups is 1. The fourth-order valence-corrected chi connectivity index (χ4v) is 4.34. The average molecular weight is 479 g/mol. The molecule has 0 bridgehead atoms. The Balaban J connectivity index is 0.00000225. The van der Waals surface area contributed by atoms with Crippen LogP contribution in [0, 0.1) is 0 Å². The van der Waals surface area contributed by atoms with Crippen LogP contribution in [0.4, 0.5) is 0 Å². The van der Waals surface area contributed by atoms with Gasteiger partial charge in [-0.3, -0.25) is 9.89 Å². The van der Waals surface area contributed by atoms with Crippen LogP contribution in [-0.4, -0.2) is 61.8 Å². The molecular formula is C17H30IN5OS. The predicted octanol–water partition coefficient (Wildman–Crippen LogP) is 1.81. The van der Waals surface area contributed by atoms with E-state index in [4.69, 9.17) is 15.5 Å². The third kappa shape index (κ3) is 6.99. The van der Waals surface area contributed by atoms with E-state index in [0.717, 1.165) is 65.2 Å². The Kier molecular flexibility index (Phi) is 9.43. The summed E-state index contributed by atoms with van der Waals surface area (Å²) in [6, 6.07) is 0. The van der Waals surface area contributed by atoms with E-state index in [9.17, 15) is 0 Å². The van der Waals surface area contributed by atoms with Gasteiger partial charge in [0, 0.05) is 44.0 Å². The van der Waals surface area contributed by atoms with Crippen molar-refractivity contribution >= 4 is 41.3 Å². The molecule has 2 heterocycles. The van der Waals surface area contributed by atoms with Gasteiger partial charge in [0.05, 0.1) is 23.9 Å². The van der Waals surface area contributed by atoms with Crippen molar-refractivity contribution in [2.24, 2.45) is 10.7 Å². The Morgan fingerprint density at radius 3 is 2.88 bits per heavy atom. The topological polar surface area (TPSA) is 75.8 Å². The maximum Gasteiger partial charge on any atom is 0.188 e. The van der Waals surface area contributed by atoms with Crippen LogP contribution in [0.15, 0.2) is 4.99 Å². The number of ether oxygens (including phenoxy) is 1. The number of halogens is 1. The number of hydrogen-bond acceptors (Lipinski definition) is 5. The molecule has 1 saturated heterocycles. The maximum absolute atomic E-state index is 5.94. The van der Waals surface area contributed by atoms with Gasteiger partial charge in [-0.25, -0.2) is 4.98 Å². The summed E-state index contributed by atoms with van der Waals surface area (Å²) in [7, 11) is 0. The van der Waals surface area contributed by atoms with E-state index < -0.39 is 0 Å². The first kappa shape index (κ1) is 20.9. The number of morpholine rings is 1. The molecule has 1 aromatic heterocycles. The summed E-state index contributed by atoms with van der Waals surface area (Å²) >= 11 is 1.88. The van der Waals surface area contributed by atoms with E-state index in [2.05, 4.69) is 15.2 Å². The number of guanidine groups is 1. The van der Waals surface area contributed by atoms with Crippen LogP contribution < -0.4 is 11.1 Å². The number of nitrogens with two attached hydrogens (primary N) is 1. The highest BCUT2D eigenvalue weighted by Crippen LogP contribution is 2.26. The molecule has 6 nitrogen and oxygen atoms in total. The van der Waals surface area contributed by atoms with Gasteiger partial charge in [0.25, 0.3) is 0 Å². The Morgan fingerprint density at radius 2 is 2.08 bits per heavy atom. The highest BCUT2D eigenvalue weighted by atomic mass is 127. The average Bonchev–Trinajstić information content (AvgIpc) is 3.02. The first-order chi connectivity index (χ1) is 11.8. The monoisotopic (exact) mass is 479 g/mol. The molecule has 0 spiro atoms. The van der Waals surface area contributed by atoms with Crippen LogP contribution in [-0.2, 0) is 24.0 Å². The third-order valence-electron chi connectivity index (χ3n) is 4.55. The molecule has 2 aliphatic rings. The van der Waals surface area contributed by atoms with Gasteiger partial charge in [0.15, 0.2) is 5.96 Å². The zero-order chi connectivity index (χ0) is 16.6. The minimum absolute atomic E-state index is 0. The molecule has 142 valence electrons. The lowest BCUT2D eigenvalue weighted by atomic mass is 10.0. The van der Waals surface area contributed by atoms with Crippen LogP contribution in [0.3, 0.4) is 0 Å². The number of fused-ring (bicyclic) bond motifs is 1. The molecule has 0 saturated carbocycles. The van der Waals surface area contributed by atoms with Gasteiger partial charge in [-0.15, -0.1) is 35.3 Å². The molecule has 0 unspecified atom stereocenters. The summed E-state index contributed by atoms with van der Waals surface area (Å²) in [6.07, 6.45) is 6.96. The largest absolute Gasteiger partial charge is 0.379 e. The SMILES string of the molecule is I.NC(=NCCCN1CCOCC1)NCCc1nc2c(s1)CCCC2. The van der Waals surface area contributed by atoms with Crippen LogP contribution in [0.2, 0.25) is 0 Å². The summed E-state index contributed by atoms with van der Waals surface area (Å²) < 4.78 is 5.35. The van der Waals surface area contributed by atoms with Crippen molar-refractivity contribution in [2.75, 3.05) is 45.9 Å². The highest BCUT2D eigenvalue weighted by Gasteiger charge is 2.14. The number of thiazole rings is 1. The molecule has 1 fully saturated rings. The fraction of sp³-hybridized carbons (Fsp3) is 0.765. The molecule has 3 N–H and O–H groups in total. The molecule has 3 rings (SSSR count). The van der Waals surface area contributed by atoms with Crippen molar-refractivity contribution < 1.29 is 4.74 Å². The van der Waals surface area contributed by atoms with Gasteiger partial charge < -0.3 is 15.8 Å². The van der Waals surface area contributed by atoms with E-state index in [1.54, 1.807) is 0 Å². The van der Waals surface area contributed by atoms with E-state index in [-0.39, 0.29) is 24.0 Å². The molecule has 0 atom stereocenters. The molecule has 25 heavy (non-hydrogen) atoms. The first-order valence-electron chi connectivity index (χ1n) is 9.12. The van der Waals surface area contributed by atoms with Gasteiger partial charge in [0.1, 0.15) is 0 Å². The number of rotatable bonds is 7. The van der Waals surface area contributed by atoms with E-state index in [0.29, 0.717) is 5.96 Å². The molecule has 1 aliphatic heterocycles. The number of aromatic nitrogens is 1. The van der Waals surface area contributed by atoms with Crippen molar-refractivity contribution in [3.63, 3.8) is 0 Å². The van der Waals surface area contributed by atoms with Gasteiger partial charge >= 0.3 is 0 Å². The quantitative estimate of drug-likeness (QED) is 0.270. The number of nitrogens with zero attached hydrogens (tertiary/aromatic N) is 3. The van der Waals surface area contributed by atoms with Gasteiger partial charge in [0.2, 0.25) is 0 Å². The van der Waals surface area contributed by atoms with Crippen molar-refractivity contribution in [1.82, 2.24) is 15.2 Å². The lowest BCUT2D eigenvalue weighted by molar-refractivity contribution is 0.0377. The molecule has 1 aromatic rings. The van der Waals surface area contributed by atoms with Crippen molar-refractivity contribution in [1.29, 1.82) is 0 Å². The Labute approximate surface area is 171 Å². The molecule has 0 aromatic carbocycles. The Bertz CT molecular complexity index is 522. The molecule has 0 radical (unpaired) electrons. The summed E-state index contributed by atoms with van der Waals surface area (Å²) in [5.74, 6) is 0.554. The lowest BCUT2D eigenvalue weighted by Crippen LogP contribution is -2.37. The van der Waals surface area contributed by atoms with Crippen molar-refractivity contribution in [3.05, 3.63) is 15.6 Å².